The van der Waals surface area contributed by atoms with Crippen molar-refractivity contribution >= 4 is 17.4 Å². The second-order valence-electron chi connectivity index (χ2n) is 7.50. The van der Waals surface area contributed by atoms with Crippen molar-refractivity contribution < 1.29 is 5.11 Å². The molecule has 0 amide bonds. The number of hydrogen-bond donors (Lipinski definition) is 1. The van der Waals surface area contributed by atoms with Crippen molar-refractivity contribution in [3.63, 3.8) is 0 Å². The zero-order chi connectivity index (χ0) is 16.2. The highest BCUT2D eigenvalue weighted by Gasteiger charge is 2.57. The number of halogens is 1. The van der Waals surface area contributed by atoms with Crippen LogP contribution in [0.4, 0.5) is 5.82 Å². The Kier molecular flexibility index (Phi) is 3.23. The quantitative estimate of drug-likeness (QED) is 0.909. The maximum atomic E-state index is 10.3. The van der Waals surface area contributed by atoms with Gasteiger partial charge in [-0.05, 0) is 38.3 Å². The van der Waals surface area contributed by atoms with E-state index in [-0.39, 0.29) is 5.41 Å². The number of anilines is 1. The topological polar surface area (TPSA) is 36.4 Å². The summed E-state index contributed by atoms with van der Waals surface area (Å²) in [7, 11) is 0. The molecule has 4 heteroatoms. The molecule has 23 heavy (non-hydrogen) atoms. The van der Waals surface area contributed by atoms with Gasteiger partial charge in [-0.2, -0.15) is 0 Å². The molecule has 2 heterocycles. The molecule has 1 N–H and O–H groups in total. The van der Waals surface area contributed by atoms with E-state index in [0.717, 1.165) is 31.7 Å². The first-order valence-electron chi connectivity index (χ1n) is 8.06. The molecule has 1 aliphatic heterocycles. The van der Waals surface area contributed by atoms with E-state index in [4.69, 9.17) is 11.6 Å². The van der Waals surface area contributed by atoms with Gasteiger partial charge in [-0.3, -0.25) is 0 Å². The third-order valence-corrected chi connectivity index (χ3v) is 5.34. The molecule has 3 nitrogen and oxygen atoms in total. The van der Waals surface area contributed by atoms with Crippen molar-refractivity contribution in [3.05, 3.63) is 58.2 Å². The molecule has 1 aliphatic carbocycles. The molecule has 1 spiro atoms. The summed E-state index contributed by atoms with van der Waals surface area (Å²) in [5, 5.41) is 10.9. The van der Waals surface area contributed by atoms with E-state index in [2.05, 4.69) is 41.1 Å². The monoisotopic (exact) mass is 328 g/mol. The molecule has 1 fully saturated rings. The molecule has 0 radical (unpaired) electrons. The highest BCUT2D eigenvalue weighted by molar-refractivity contribution is 6.30. The Labute approximate surface area is 141 Å². The summed E-state index contributed by atoms with van der Waals surface area (Å²) in [5.74, 6) is 1.02. The summed E-state index contributed by atoms with van der Waals surface area (Å²) in [6, 6.07) is 10.7. The minimum atomic E-state index is -0.570. The fourth-order valence-corrected chi connectivity index (χ4v) is 4.51. The summed E-state index contributed by atoms with van der Waals surface area (Å²) >= 11 is 6.18. The van der Waals surface area contributed by atoms with Crippen LogP contribution in [0.2, 0.25) is 5.02 Å². The van der Waals surface area contributed by atoms with Crippen molar-refractivity contribution in [1.29, 1.82) is 0 Å². The summed E-state index contributed by atoms with van der Waals surface area (Å²) in [6.07, 6.45) is 3.27. The number of benzene rings is 1. The summed E-state index contributed by atoms with van der Waals surface area (Å²) < 4.78 is 0. The summed E-state index contributed by atoms with van der Waals surface area (Å²) in [6.45, 7) is 5.76. The molecule has 1 aromatic carbocycles. The van der Waals surface area contributed by atoms with Gasteiger partial charge >= 0.3 is 0 Å². The third kappa shape index (κ3) is 2.52. The van der Waals surface area contributed by atoms with Crippen molar-refractivity contribution in [2.75, 3.05) is 11.4 Å². The molecule has 1 aromatic heterocycles. The molecule has 2 aromatic rings. The van der Waals surface area contributed by atoms with Crippen LogP contribution in [-0.2, 0) is 12.0 Å². The number of fused-ring (bicyclic) bond motifs is 2. The average molecular weight is 329 g/mol. The number of nitrogens with zero attached hydrogens (tertiary/aromatic N) is 2. The lowest BCUT2D eigenvalue weighted by molar-refractivity contribution is -0.0700. The maximum Gasteiger partial charge on any atom is 0.132 e. The van der Waals surface area contributed by atoms with Gasteiger partial charge in [-0.15, -0.1) is 0 Å². The Morgan fingerprint density at radius 2 is 1.96 bits per heavy atom. The third-order valence-electron chi connectivity index (χ3n) is 5.13. The fourth-order valence-electron chi connectivity index (χ4n) is 4.35. The largest absolute Gasteiger partial charge is 0.390 e. The van der Waals surface area contributed by atoms with Crippen LogP contribution in [0.25, 0.3) is 0 Å². The van der Waals surface area contributed by atoms with Gasteiger partial charge in [0.1, 0.15) is 5.82 Å². The first kappa shape index (κ1) is 15.0. The molecule has 0 saturated heterocycles. The standard InChI is InChI=1S/C19H21ClN2O/c1-13-3-5-14(6-4-13)9-22-12-19(10-18(2,23)11-19)16-7-15(20)8-21-17(16)22/h3-8,23H,9-12H2,1-2H3. The van der Waals surface area contributed by atoms with Gasteiger partial charge in [0, 0.05) is 30.3 Å². The van der Waals surface area contributed by atoms with Crippen molar-refractivity contribution in [3.8, 4) is 0 Å². The number of rotatable bonds is 2. The van der Waals surface area contributed by atoms with Crippen LogP contribution in [0.15, 0.2) is 36.5 Å². The first-order chi connectivity index (χ1) is 10.9. The van der Waals surface area contributed by atoms with Gasteiger partial charge in [-0.1, -0.05) is 41.4 Å². The minimum absolute atomic E-state index is 0.00142. The molecule has 0 bridgehead atoms. The van der Waals surface area contributed by atoms with Gasteiger partial charge < -0.3 is 10.0 Å². The fraction of sp³-hybridized carbons (Fsp3) is 0.421. The summed E-state index contributed by atoms with van der Waals surface area (Å²) in [4.78, 5) is 6.92. The van der Waals surface area contributed by atoms with Gasteiger partial charge in [0.15, 0.2) is 0 Å². The lowest BCUT2D eigenvalue weighted by atomic mass is 9.58. The van der Waals surface area contributed by atoms with E-state index in [1.54, 1.807) is 6.20 Å². The van der Waals surface area contributed by atoms with E-state index in [1.165, 1.54) is 16.7 Å². The number of pyridine rings is 1. The van der Waals surface area contributed by atoms with Crippen LogP contribution in [0, 0.1) is 6.92 Å². The Morgan fingerprint density at radius 1 is 1.26 bits per heavy atom. The molecule has 120 valence electrons. The minimum Gasteiger partial charge on any atom is -0.390 e. The lowest BCUT2D eigenvalue weighted by Gasteiger charge is -2.50. The molecule has 0 atom stereocenters. The highest BCUT2D eigenvalue weighted by Crippen LogP contribution is 2.56. The molecule has 0 unspecified atom stereocenters. The second kappa shape index (κ2) is 4.96. The van der Waals surface area contributed by atoms with Gasteiger partial charge in [0.25, 0.3) is 0 Å². The Bertz CT molecular complexity index is 746. The Hall–Kier alpha value is -1.58. The van der Waals surface area contributed by atoms with Gasteiger partial charge in [-0.25, -0.2) is 4.98 Å². The van der Waals surface area contributed by atoms with Crippen molar-refractivity contribution in [1.82, 2.24) is 4.98 Å². The molecular formula is C19H21ClN2O. The van der Waals surface area contributed by atoms with E-state index in [9.17, 15) is 5.11 Å². The number of hydrogen-bond acceptors (Lipinski definition) is 3. The number of aliphatic hydroxyl groups is 1. The summed E-state index contributed by atoms with van der Waals surface area (Å²) in [5.41, 5.74) is 3.18. The van der Waals surface area contributed by atoms with Crippen LogP contribution in [-0.4, -0.2) is 22.2 Å². The average Bonchev–Trinajstić information content (AvgIpc) is 2.74. The zero-order valence-electron chi connectivity index (χ0n) is 13.5. The van der Waals surface area contributed by atoms with E-state index in [1.807, 2.05) is 13.0 Å². The first-order valence-corrected chi connectivity index (χ1v) is 8.44. The smallest absolute Gasteiger partial charge is 0.132 e. The van der Waals surface area contributed by atoms with Crippen LogP contribution in [0.3, 0.4) is 0 Å². The van der Waals surface area contributed by atoms with Crippen LogP contribution in [0.5, 0.6) is 0 Å². The molecule has 1 saturated carbocycles. The predicted molar refractivity (Wildman–Crippen MR) is 93.0 cm³/mol. The van der Waals surface area contributed by atoms with Crippen LogP contribution < -0.4 is 4.90 Å². The molecular weight excluding hydrogens is 308 g/mol. The Balaban J connectivity index is 1.67. The Morgan fingerprint density at radius 3 is 2.61 bits per heavy atom. The van der Waals surface area contributed by atoms with Crippen molar-refractivity contribution in [2.24, 2.45) is 0 Å². The zero-order valence-corrected chi connectivity index (χ0v) is 14.3. The van der Waals surface area contributed by atoms with E-state index >= 15 is 0 Å². The number of aryl methyl sites for hydroxylation is 1. The normalized spacial score (nSPS) is 28.8. The maximum absolute atomic E-state index is 10.3. The van der Waals surface area contributed by atoms with Gasteiger partial charge in [0.05, 0.1) is 10.6 Å². The predicted octanol–water partition coefficient (Wildman–Crippen LogP) is 3.85. The SMILES string of the molecule is Cc1ccc(CN2CC3(CC(C)(O)C3)c3cc(Cl)cnc32)cc1. The van der Waals surface area contributed by atoms with Gasteiger partial charge in [0.2, 0.25) is 0 Å². The lowest BCUT2D eigenvalue weighted by Crippen LogP contribution is -2.54. The second-order valence-corrected chi connectivity index (χ2v) is 7.93. The molecule has 2 aliphatic rings. The molecule has 4 rings (SSSR count). The van der Waals surface area contributed by atoms with E-state index < -0.39 is 5.60 Å². The van der Waals surface area contributed by atoms with Crippen LogP contribution in [0.1, 0.15) is 36.5 Å². The number of aromatic nitrogens is 1. The van der Waals surface area contributed by atoms with E-state index in [0.29, 0.717) is 5.02 Å². The highest BCUT2D eigenvalue weighted by atomic mass is 35.5. The van der Waals surface area contributed by atoms with Crippen LogP contribution >= 0.6 is 11.6 Å². The van der Waals surface area contributed by atoms with Crippen molar-refractivity contribution in [2.45, 2.75) is 44.2 Å².